The first kappa shape index (κ1) is 17.5. The molecule has 1 aliphatic carbocycles. The molecule has 2 unspecified atom stereocenters. The molecule has 0 bridgehead atoms. The average Bonchev–Trinajstić information content (AvgIpc) is 3.33. The molecule has 2 heterocycles. The maximum Gasteiger partial charge on any atom is 0.196 e. The number of nitrogens with zero attached hydrogens (tertiary/aromatic N) is 2. The number of carbonyl (C=O) groups excluding carboxylic acids is 2. The van der Waals surface area contributed by atoms with Crippen molar-refractivity contribution < 1.29 is 9.59 Å². The summed E-state index contributed by atoms with van der Waals surface area (Å²) >= 11 is 0. The van der Waals surface area contributed by atoms with Crippen LogP contribution in [0.15, 0.2) is 36.4 Å². The summed E-state index contributed by atoms with van der Waals surface area (Å²) in [5.41, 5.74) is 4.19. The number of carbonyl (C=O) groups is 2. The first-order valence-electron chi connectivity index (χ1n) is 10.5. The second kappa shape index (κ2) is 6.47. The van der Waals surface area contributed by atoms with Crippen LogP contribution in [0.4, 0.5) is 11.4 Å². The molecule has 0 saturated carbocycles. The Hall–Kier alpha value is -2.62. The fourth-order valence-electron chi connectivity index (χ4n) is 5.25. The van der Waals surface area contributed by atoms with Crippen molar-refractivity contribution in [1.29, 1.82) is 0 Å². The Kier molecular flexibility index (Phi) is 4.04. The molecule has 0 amide bonds. The highest BCUT2D eigenvalue weighted by Gasteiger charge is 2.38. The van der Waals surface area contributed by atoms with Crippen LogP contribution in [-0.2, 0) is 0 Å². The molecule has 0 radical (unpaired) electrons. The van der Waals surface area contributed by atoms with Gasteiger partial charge in [0.25, 0.3) is 0 Å². The Bertz CT molecular complexity index is 903. The molecule has 2 aliphatic heterocycles. The zero-order valence-electron chi connectivity index (χ0n) is 16.6. The number of fused-ring (bicyclic) bond motifs is 2. The summed E-state index contributed by atoms with van der Waals surface area (Å²) in [6.45, 7) is 6.30. The van der Waals surface area contributed by atoms with Gasteiger partial charge in [-0.25, -0.2) is 0 Å². The fraction of sp³-hybridized carbons (Fsp3) is 0.417. The standard InChI is InChI=1S/C24H26N2O2/c1-15-7-5-13-25(15)19-11-12-20(26-14-6-8-16(26)2)22-21(19)23(27)17-9-3-4-10-18(17)24(22)28/h3-4,9-12,15-16H,5-8,13-14H2,1-2H3. The van der Waals surface area contributed by atoms with E-state index in [1.54, 1.807) is 12.1 Å². The summed E-state index contributed by atoms with van der Waals surface area (Å²) in [7, 11) is 0. The number of hydrogen-bond acceptors (Lipinski definition) is 4. The summed E-state index contributed by atoms with van der Waals surface area (Å²) in [5.74, 6) is -0.0130. The Labute approximate surface area is 166 Å². The van der Waals surface area contributed by atoms with Crippen LogP contribution in [0.3, 0.4) is 0 Å². The zero-order chi connectivity index (χ0) is 19.4. The third-order valence-corrected chi connectivity index (χ3v) is 6.76. The van der Waals surface area contributed by atoms with Crippen LogP contribution in [-0.4, -0.2) is 36.7 Å². The molecule has 0 N–H and O–H groups in total. The summed E-state index contributed by atoms with van der Waals surface area (Å²) in [6.07, 6.45) is 4.50. The van der Waals surface area contributed by atoms with Gasteiger partial charge in [-0.3, -0.25) is 9.59 Å². The van der Waals surface area contributed by atoms with Crippen molar-refractivity contribution >= 4 is 22.9 Å². The largest absolute Gasteiger partial charge is 0.368 e. The smallest absolute Gasteiger partial charge is 0.196 e. The molecular formula is C24H26N2O2. The average molecular weight is 374 g/mol. The molecule has 5 rings (SSSR count). The van der Waals surface area contributed by atoms with Crippen LogP contribution in [0.25, 0.3) is 0 Å². The molecule has 4 heteroatoms. The highest BCUT2D eigenvalue weighted by atomic mass is 16.1. The molecule has 4 nitrogen and oxygen atoms in total. The van der Waals surface area contributed by atoms with Crippen LogP contribution in [0.1, 0.15) is 71.4 Å². The number of hydrogen-bond donors (Lipinski definition) is 0. The normalized spacial score (nSPS) is 23.9. The van der Waals surface area contributed by atoms with Crippen LogP contribution >= 0.6 is 0 Å². The van der Waals surface area contributed by atoms with Gasteiger partial charge in [0.2, 0.25) is 0 Å². The lowest BCUT2D eigenvalue weighted by molar-refractivity contribution is 0.0979. The minimum absolute atomic E-state index is 0.00648. The van der Waals surface area contributed by atoms with Crippen molar-refractivity contribution in [2.75, 3.05) is 22.9 Å². The monoisotopic (exact) mass is 374 g/mol. The van der Waals surface area contributed by atoms with E-state index >= 15 is 0 Å². The van der Waals surface area contributed by atoms with Gasteiger partial charge >= 0.3 is 0 Å². The van der Waals surface area contributed by atoms with Gasteiger partial charge in [-0.15, -0.1) is 0 Å². The molecule has 28 heavy (non-hydrogen) atoms. The summed E-state index contributed by atoms with van der Waals surface area (Å²) in [4.78, 5) is 31.8. The number of benzene rings is 2. The van der Waals surface area contributed by atoms with E-state index in [0.29, 0.717) is 34.3 Å². The SMILES string of the molecule is CC1CCCN1c1ccc(N2CCCC2C)c2c1C(=O)c1ccccc1C2=O. The first-order valence-corrected chi connectivity index (χ1v) is 10.5. The Morgan fingerprint density at radius 1 is 0.714 bits per heavy atom. The molecule has 2 fully saturated rings. The minimum Gasteiger partial charge on any atom is -0.368 e. The number of anilines is 2. The summed E-state index contributed by atoms with van der Waals surface area (Å²) in [6, 6.07) is 12.2. The van der Waals surface area contributed by atoms with E-state index in [1.807, 2.05) is 12.1 Å². The quantitative estimate of drug-likeness (QED) is 0.665. The molecule has 144 valence electrons. The van der Waals surface area contributed by atoms with Crippen LogP contribution < -0.4 is 9.80 Å². The highest BCUT2D eigenvalue weighted by Crippen LogP contribution is 2.42. The van der Waals surface area contributed by atoms with Crippen LogP contribution in [0.5, 0.6) is 0 Å². The maximum absolute atomic E-state index is 13.6. The topological polar surface area (TPSA) is 40.6 Å². The van der Waals surface area contributed by atoms with Gasteiger partial charge in [0.1, 0.15) is 0 Å². The molecule has 0 aromatic heterocycles. The van der Waals surface area contributed by atoms with Gasteiger partial charge in [-0.05, 0) is 51.7 Å². The van der Waals surface area contributed by atoms with Crippen molar-refractivity contribution in [1.82, 2.24) is 0 Å². The second-order valence-electron chi connectivity index (χ2n) is 8.43. The molecular weight excluding hydrogens is 348 g/mol. The third-order valence-electron chi connectivity index (χ3n) is 6.76. The van der Waals surface area contributed by atoms with Gasteiger partial charge in [0, 0.05) is 47.7 Å². The minimum atomic E-state index is -0.00648. The van der Waals surface area contributed by atoms with E-state index in [2.05, 4.69) is 35.8 Å². The van der Waals surface area contributed by atoms with Gasteiger partial charge < -0.3 is 9.80 Å². The predicted octanol–water partition coefficient (Wildman–Crippen LogP) is 4.44. The molecule has 2 aromatic carbocycles. The molecule has 2 saturated heterocycles. The van der Waals surface area contributed by atoms with Crippen molar-refractivity contribution in [3.05, 3.63) is 58.7 Å². The maximum atomic E-state index is 13.6. The van der Waals surface area contributed by atoms with E-state index < -0.39 is 0 Å². The lowest BCUT2D eigenvalue weighted by Gasteiger charge is -2.33. The van der Waals surface area contributed by atoms with Gasteiger partial charge in [-0.2, -0.15) is 0 Å². The van der Waals surface area contributed by atoms with Crippen molar-refractivity contribution in [2.45, 2.75) is 51.6 Å². The van der Waals surface area contributed by atoms with Crippen molar-refractivity contribution in [3.8, 4) is 0 Å². The van der Waals surface area contributed by atoms with E-state index in [4.69, 9.17) is 0 Å². The summed E-state index contributed by atoms with van der Waals surface area (Å²) < 4.78 is 0. The third kappa shape index (κ3) is 2.43. The zero-order valence-corrected chi connectivity index (χ0v) is 16.6. The first-order chi connectivity index (χ1) is 13.6. The Morgan fingerprint density at radius 2 is 1.14 bits per heavy atom. The lowest BCUT2D eigenvalue weighted by atomic mass is 9.81. The Balaban J connectivity index is 1.76. The predicted molar refractivity (Wildman–Crippen MR) is 112 cm³/mol. The lowest BCUT2D eigenvalue weighted by Crippen LogP contribution is -2.34. The van der Waals surface area contributed by atoms with Crippen LogP contribution in [0, 0.1) is 0 Å². The van der Waals surface area contributed by atoms with E-state index in [-0.39, 0.29) is 11.6 Å². The molecule has 2 aromatic rings. The van der Waals surface area contributed by atoms with Gasteiger partial charge in [0.15, 0.2) is 11.6 Å². The fourth-order valence-corrected chi connectivity index (χ4v) is 5.25. The molecule has 3 aliphatic rings. The van der Waals surface area contributed by atoms with Gasteiger partial charge in [0.05, 0.1) is 11.1 Å². The molecule has 0 spiro atoms. The van der Waals surface area contributed by atoms with E-state index in [1.165, 1.54) is 0 Å². The van der Waals surface area contributed by atoms with Gasteiger partial charge in [-0.1, -0.05) is 24.3 Å². The van der Waals surface area contributed by atoms with Crippen molar-refractivity contribution in [2.24, 2.45) is 0 Å². The van der Waals surface area contributed by atoms with Crippen LogP contribution in [0.2, 0.25) is 0 Å². The summed E-state index contributed by atoms with van der Waals surface area (Å²) in [5, 5.41) is 0. The molecule has 2 atom stereocenters. The van der Waals surface area contributed by atoms with Crippen molar-refractivity contribution in [3.63, 3.8) is 0 Å². The highest BCUT2D eigenvalue weighted by molar-refractivity contribution is 6.32. The number of ketones is 2. The van der Waals surface area contributed by atoms with E-state index in [9.17, 15) is 9.59 Å². The Morgan fingerprint density at radius 3 is 1.50 bits per heavy atom. The van der Waals surface area contributed by atoms with E-state index in [0.717, 1.165) is 50.1 Å². The second-order valence-corrected chi connectivity index (χ2v) is 8.43. The number of rotatable bonds is 2.